The van der Waals surface area contributed by atoms with E-state index in [0.717, 1.165) is 18.4 Å². The number of rotatable bonds is 3. The minimum atomic E-state index is -0.397. The van der Waals surface area contributed by atoms with Crippen molar-refractivity contribution in [2.75, 3.05) is 20.3 Å². The second kappa shape index (κ2) is 3.69. The van der Waals surface area contributed by atoms with Crippen molar-refractivity contribution in [3.05, 3.63) is 29.6 Å². The molecule has 1 aliphatic heterocycles. The van der Waals surface area contributed by atoms with E-state index in [1.54, 1.807) is 13.2 Å². The Morgan fingerprint density at radius 2 is 2.11 bits per heavy atom. The topological polar surface area (TPSA) is 42.2 Å². The fourth-order valence-electron chi connectivity index (χ4n) is 2.87. The molecule has 3 nitrogen and oxygen atoms in total. The highest BCUT2D eigenvalue weighted by atomic mass is 19.1. The summed E-state index contributed by atoms with van der Waals surface area (Å²) in [5.74, 6) is 0.340. The molecule has 3 rings (SSSR count). The Morgan fingerprint density at radius 1 is 1.39 bits per heavy atom. The van der Waals surface area contributed by atoms with Crippen LogP contribution in [0.3, 0.4) is 0 Å². The summed E-state index contributed by atoms with van der Waals surface area (Å²) in [5, 5.41) is 9.41. The van der Waals surface area contributed by atoms with E-state index in [0.29, 0.717) is 19.0 Å². The zero-order valence-corrected chi connectivity index (χ0v) is 10.2. The molecule has 4 heteroatoms. The number of nitrogens with zero attached hydrogens (tertiary/aromatic N) is 1. The lowest BCUT2D eigenvalue weighted by molar-refractivity contribution is -0.0876. The van der Waals surface area contributed by atoms with E-state index in [1.807, 2.05) is 0 Å². The fraction of sp³-hybridized carbons (Fsp3) is 0.500. The van der Waals surface area contributed by atoms with Crippen molar-refractivity contribution >= 4 is 0 Å². The molecule has 2 fully saturated rings. The molecule has 0 radical (unpaired) electrons. The van der Waals surface area contributed by atoms with Gasteiger partial charge in [-0.15, -0.1) is 0 Å². The zero-order valence-electron chi connectivity index (χ0n) is 10.2. The van der Waals surface area contributed by atoms with Crippen molar-refractivity contribution < 1.29 is 13.9 Å². The third-order valence-electron chi connectivity index (χ3n) is 4.25. The average molecular weight is 247 g/mol. The van der Waals surface area contributed by atoms with E-state index in [-0.39, 0.29) is 5.82 Å². The van der Waals surface area contributed by atoms with Crippen molar-refractivity contribution in [1.82, 2.24) is 0 Å². The normalized spacial score (nSPS) is 22.7. The summed E-state index contributed by atoms with van der Waals surface area (Å²) in [6.07, 6.45) is 1.71. The van der Waals surface area contributed by atoms with E-state index >= 15 is 0 Å². The predicted octanol–water partition coefficient (Wildman–Crippen LogP) is 2.41. The van der Waals surface area contributed by atoms with Gasteiger partial charge in [0.15, 0.2) is 0 Å². The molecule has 18 heavy (non-hydrogen) atoms. The van der Waals surface area contributed by atoms with Gasteiger partial charge in [0.2, 0.25) is 0 Å². The average Bonchev–Trinajstić information content (AvgIpc) is 3.09. The monoisotopic (exact) mass is 247 g/mol. The molecule has 0 atom stereocenters. The van der Waals surface area contributed by atoms with Gasteiger partial charge in [-0.25, -0.2) is 4.39 Å². The number of hydrogen-bond acceptors (Lipinski definition) is 3. The molecular weight excluding hydrogens is 233 g/mol. The van der Waals surface area contributed by atoms with Gasteiger partial charge in [0.25, 0.3) is 0 Å². The lowest BCUT2D eigenvalue weighted by Crippen LogP contribution is -2.53. The molecule has 94 valence electrons. The van der Waals surface area contributed by atoms with Crippen LogP contribution in [-0.4, -0.2) is 20.3 Å². The second-order valence-electron chi connectivity index (χ2n) is 5.11. The summed E-state index contributed by atoms with van der Waals surface area (Å²) in [6.45, 7) is 0.945. The van der Waals surface area contributed by atoms with Gasteiger partial charge in [0, 0.05) is 5.56 Å². The van der Waals surface area contributed by atoms with Crippen molar-refractivity contribution in [1.29, 1.82) is 5.26 Å². The van der Waals surface area contributed by atoms with E-state index in [1.165, 1.54) is 12.1 Å². The highest BCUT2D eigenvalue weighted by Crippen LogP contribution is 2.63. The first kappa shape index (κ1) is 11.5. The van der Waals surface area contributed by atoms with Gasteiger partial charge in [-0.3, -0.25) is 0 Å². The van der Waals surface area contributed by atoms with Crippen LogP contribution in [0.4, 0.5) is 4.39 Å². The molecule has 1 aliphatic carbocycles. The SMILES string of the molecule is COc1ccc(F)cc1C1(C2(C#N)CC2)COC1. The maximum absolute atomic E-state index is 13.5. The largest absolute Gasteiger partial charge is 0.496 e. The van der Waals surface area contributed by atoms with Crippen LogP contribution in [0.25, 0.3) is 0 Å². The summed E-state index contributed by atoms with van der Waals surface area (Å²) in [7, 11) is 1.57. The molecule has 0 spiro atoms. The quantitative estimate of drug-likeness (QED) is 0.823. The lowest BCUT2D eigenvalue weighted by Gasteiger charge is -2.46. The second-order valence-corrected chi connectivity index (χ2v) is 5.11. The first-order valence-electron chi connectivity index (χ1n) is 6.00. The van der Waals surface area contributed by atoms with Crippen molar-refractivity contribution in [3.8, 4) is 11.8 Å². The Morgan fingerprint density at radius 3 is 2.56 bits per heavy atom. The Hall–Kier alpha value is -1.60. The Bertz CT molecular complexity index is 527. The molecule has 1 saturated heterocycles. The number of ether oxygens (including phenoxy) is 2. The molecule has 1 heterocycles. The third kappa shape index (κ3) is 1.31. The van der Waals surface area contributed by atoms with Crippen LogP contribution in [0.2, 0.25) is 0 Å². The number of halogens is 1. The number of methoxy groups -OCH3 is 1. The van der Waals surface area contributed by atoms with Crippen molar-refractivity contribution in [2.45, 2.75) is 18.3 Å². The van der Waals surface area contributed by atoms with Crippen molar-refractivity contribution in [3.63, 3.8) is 0 Å². The van der Waals surface area contributed by atoms with Crippen LogP contribution < -0.4 is 4.74 Å². The molecule has 1 aromatic carbocycles. The van der Waals surface area contributed by atoms with Gasteiger partial charge in [-0.05, 0) is 31.0 Å². The van der Waals surface area contributed by atoms with Gasteiger partial charge in [0.1, 0.15) is 11.6 Å². The van der Waals surface area contributed by atoms with Gasteiger partial charge in [0.05, 0.1) is 37.2 Å². The van der Waals surface area contributed by atoms with Gasteiger partial charge >= 0.3 is 0 Å². The minimum absolute atomic E-state index is 0.300. The number of nitriles is 1. The fourth-order valence-corrected chi connectivity index (χ4v) is 2.87. The van der Waals surface area contributed by atoms with E-state index in [4.69, 9.17) is 9.47 Å². The van der Waals surface area contributed by atoms with E-state index in [9.17, 15) is 9.65 Å². The van der Waals surface area contributed by atoms with Crippen LogP contribution in [0.1, 0.15) is 18.4 Å². The van der Waals surface area contributed by atoms with E-state index < -0.39 is 10.8 Å². The lowest BCUT2D eigenvalue weighted by atomic mass is 9.66. The minimum Gasteiger partial charge on any atom is -0.496 e. The van der Waals surface area contributed by atoms with Crippen LogP contribution >= 0.6 is 0 Å². The Labute approximate surface area is 105 Å². The number of hydrogen-bond donors (Lipinski definition) is 0. The molecule has 0 bridgehead atoms. The van der Waals surface area contributed by atoms with Crippen LogP contribution in [0.5, 0.6) is 5.75 Å². The predicted molar refractivity (Wildman–Crippen MR) is 62.7 cm³/mol. The smallest absolute Gasteiger partial charge is 0.123 e. The van der Waals surface area contributed by atoms with E-state index in [2.05, 4.69) is 6.07 Å². The molecule has 1 aromatic rings. The maximum Gasteiger partial charge on any atom is 0.123 e. The Kier molecular flexibility index (Phi) is 2.36. The van der Waals surface area contributed by atoms with Crippen LogP contribution in [0, 0.1) is 22.6 Å². The molecule has 0 unspecified atom stereocenters. The highest BCUT2D eigenvalue weighted by molar-refractivity contribution is 5.47. The summed E-state index contributed by atoms with van der Waals surface area (Å²) >= 11 is 0. The molecule has 0 N–H and O–H groups in total. The maximum atomic E-state index is 13.5. The number of benzene rings is 1. The first-order chi connectivity index (χ1) is 8.67. The van der Waals surface area contributed by atoms with Crippen LogP contribution in [-0.2, 0) is 10.2 Å². The molecule has 0 amide bonds. The summed E-state index contributed by atoms with van der Waals surface area (Å²) < 4.78 is 24.2. The third-order valence-corrected chi connectivity index (χ3v) is 4.25. The van der Waals surface area contributed by atoms with Crippen molar-refractivity contribution in [2.24, 2.45) is 5.41 Å². The summed E-state index contributed by atoms with van der Waals surface area (Å²) in [4.78, 5) is 0. The molecule has 2 aliphatic rings. The Balaban J connectivity index is 2.13. The standard InChI is InChI=1S/C14H14FNO2/c1-17-12-3-2-10(15)6-11(12)14(8-18-9-14)13(7-16)4-5-13/h2-3,6H,4-5,8-9H2,1H3. The molecule has 0 aromatic heterocycles. The van der Waals surface area contributed by atoms with Gasteiger partial charge < -0.3 is 9.47 Å². The summed E-state index contributed by atoms with van der Waals surface area (Å²) in [5.41, 5.74) is -0.0167. The zero-order chi connectivity index (χ0) is 12.8. The van der Waals surface area contributed by atoms with Crippen LogP contribution in [0.15, 0.2) is 18.2 Å². The molecule has 1 saturated carbocycles. The summed E-state index contributed by atoms with van der Waals surface area (Å²) in [6, 6.07) is 6.89. The first-order valence-corrected chi connectivity index (χ1v) is 6.00. The van der Waals surface area contributed by atoms with Gasteiger partial charge in [-0.2, -0.15) is 5.26 Å². The highest BCUT2D eigenvalue weighted by Gasteiger charge is 2.65. The molecular formula is C14H14FNO2. The van der Waals surface area contributed by atoms with Gasteiger partial charge in [-0.1, -0.05) is 0 Å².